The van der Waals surface area contributed by atoms with E-state index in [-0.39, 0.29) is 0 Å². The molecule has 0 saturated carbocycles. The number of nitrogens with zero attached hydrogens (tertiary/aromatic N) is 2. The normalized spacial score (nSPS) is 11.5. The zero-order chi connectivity index (χ0) is 24.1. The summed E-state index contributed by atoms with van der Waals surface area (Å²) in [5.74, 6) is 0. The first-order chi connectivity index (χ1) is 17.7. The molecule has 0 N–H and O–H groups in total. The van der Waals surface area contributed by atoms with Crippen molar-refractivity contribution in [3.05, 3.63) is 119 Å². The quantitative estimate of drug-likeness (QED) is 0.192. The van der Waals surface area contributed by atoms with Crippen LogP contribution in [0.15, 0.2) is 116 Å². The highest BCUT2D eigenvalue weighted by Crippen LogP contribution is 2.35. The van der Waals surface area contributed by atoms with Crippen LogP contribution in [0.4, 0.5) is 0 Å². The van der Waals surface area contributed by atoms with Crippen LogP contribution in [0.2, 0.25) is 0 Å². The van der Waals surface area contributed by atoms with Crippen LogP contribution in [-0.2, 0) is 0 Å². The van der Waals surface area contributed by atoms with E-state index >= 15 is 0 Å². The molecule has 0 bridgehead atoms. The molecule has 4 aromatic carbocycles. The second kappa shape index (κ2) is 8.80. The van der Waals surface area contributed by atoms with Gasteiger partial charge in [-0.1, -0.05) is 48.5 Å². The predicted octanol–water partition coefficient (Wildman–Crippen LogP) is 9.60. The molecule has 7 rings (SSSR count). The first kappa shape index (κ1) is 21.7. The summed E-state index contributed by atoms with van der Waals surface area (Å²) in [5, 5.41) is 4.92. The van der Waals surface area contributed by atoms with Crippen LogP contribution >= 0.6 is 33.9 Å². The van der Waals surface area contributed by atoms with Crippen molar-refractivity contribution >= 4 is 65.0 Å². The number of pyridine rings is 2. The van der Waals surface area contributed by atoms with Crippen LogP contribution in [0.3, 0.4) is 0 Å². The number of hydrogen-bond acceptors (Lipinski definition) is 3. The van der Waals surface area contributed by atoms with E-state index in [2.05, 4.69) is 125 Å². The van der Waals surface area contributed by atoms with Crippen molar-refractivity contribution in [2.45, 2.75) is 0 Å². The molecule has 170 valence electrons. The molecule has 36 heavy (non-hydrogen) atoms. The molecule has 0 fully saturated rings. The largest absolute Gasteiger partial charge is 0.256 e. The lowest BCUT2D eigenvalue weighted by Crippen LogP contribution is -1.86. The summed E-state index contributed by atoms with van der Waals surface area (Å²) >= 11 is 4.08. The highest BCUT2D eigenvalue weighted by Gasteiger charge is 2.09. The lowest BCUT2D eigenvalue weighted by molar-refractivity contribution is 1.33. The maximum Gasteiger partial charge on any atom is 0.124 e. The number of rotatable bonds is 3. The Balaban J connectivity index is 1.20. The molecule has 0 unspecified atom stereocenters. The van der Waals surface area contributed by atoms with Crippen LogP contribution < -0.4 is 0 Å². The Hall–Kier alpha value is -3.61. The molecule has 0 saturated heterocycles. The molecule has 0 radical (unpaired) electrons. The van der Waals surface area contributed by atoms with E-state index in [9.17, 15) is 0 Å². The Morgan fingerprint density at radius 3 is 2.00 bits per heavy atom. The van der Waals surface area contributed by atoms with E-state index in [1.54, 1.807) is 11.3 Å². The minimum absolute atomic E-state index is 0.979. The molecular formula is C32H19IN2S. The summed E-state index contributed by atoms with van der Waals surface area (Å²) < 4.78 is 2.50. The fraction of sp³-hybridized carbons (Fsp3) is 0. The van der Waals surface area contributed by atoms with Crippen LogP contribution in [-0.4, -0.2) is 9.97 Å². The SMILES string of the molecule is Ic1ccc(-c2ccc3cc(-c4ccc(-c5ccc6sc7ncccc7c6c5)nc4)ccc3c2)cc1. The summed E-state index contributed by atoms with van der Waals surface area (Å²) in [6.07, 6.45) is 3.84. The topological polar surface area (TPSA) is 25.8 Å². The first-order valence-electron chi connectivity index (χ1n) is 11.8. The Bertz CT molecular complexity index is 1890. The highest BCUT2D eigenvalue weighted by molar-refractivity contribution is 14.1. The van der Waals surface area contributed by atoms with Gasteiger partial charge in [0.1, 0.15) is 4.83 Å². The van der Waals surface area contributed by atoms with Gasteiger partial charge in [-0.3, -0.25) is 4.98 Å². The van der Waals surface area contributed by atoms with Crippen molar-refractivity contribution in [2.75, 3.05) is 0 Å². The van der Waals surface area contributed by atoms with Crippen LogP contribution in [0, 0.1) is 3.57 Å². The molecular weight excluding hydrogens is 571 g/mol. The Labute approximate surface area is 226 Å². The minimum Gasteiger partial charge on any atom is -0.256 e. The van der Waals surface area contributed by atoms with Crippen LogP contribution in [0.25, 0.3) is 64.6 Å². The third kappa shape index (κ3) is 3.87. The van der Waals surface area contributed by atoms with Gasteiger partial charge in [-0.25, -0.2) is 4.98 Å². The van der Waals surface area contributed by atoms with E-state index in [0.717, 1.165) is 21.7 Å². The Morgan fingerprint density at radius 2 is 1.25 bits per heavy atom. The van der Waals surface area contributed by atoms with E-state index in [1.807, 2.05) is 18.5 Å². The van der Waals surface area contributed by atoms with Gasteiger partial charge in [-0.15, -0.1) is 11.3 Å². The fourth-order valence-corrected chi connectivity index (χ4v) is 6.14. The second-order valence-electron chi connectivity index (χ2n) is 8.88. The first-order valence-corrected chi connectivity index (χ1v) is 13.6. The third-order valence-corrected chi connectivity index (χ3v) is 8.47. The van der Waals surface area contributed by atoms with Crippen molar-refractivity contribution in [3.8, 4) is 33.5 Å². The van der Waals surface area contributed by atoms with Crippen molar-refractivity contribution in [1.82, 2.24) is 9.97 Å². The highest BCUT2D eigenvalue weighted by atomic mass is 127. The number of thiophene rings is 1. The zero-order valence-electron chi connectivity index (χ0n) is 19.2. The number of fused-ring (bicyclic) bond motifs is 4. The van der Waals surface area contributed by atoms with Gasteiger partial charge in [0.2, 0.25) is 0 Å². The Kier molecular flexibility index (Phi) is 5.29. The van der Waals surface area contributed by atoms with Crippen molar-refractivity contribution in [3.63, 3.8) is 0 Å². The van der Waals surface area contributed by atoms with Gasteiger partial charge in [0.05, 0.1) is 5.69 Å². The molecule has 0 aliphatic carbocycles. The summed E-state index contributed by atoms with van der Waals surface area (Å²) in [7, 11) is 0. The molecule has 0 atom stereocenters. The molecule has 0 aliphatic heterocycles. The van der Waals surface area contributed by atoms with Crippen LogP contribution in [0.1, 0.15) is 0 Å². The monoisotopic (exact) mass is 590 g/mol. The smallest absolute Gasteiger partial charge is 0.124 e. The third-order valence-electron chi connectivity index (χ3n) is 6.66. The summed E-state index contributed by atoms with van der Waals surface area (Å²) in [5.41, 5.74) is 6.88. The molecule has 2 nitrogen and oxygen atoms in total. The number of hydrogen-bond donors (Lipinski definition) is 0. The fourth-order valence-electron chi connectivity index (χ4n) is 4.75. The molecule has 0 aliphatic rings. The van der Waals surface area contributed by atoms with Gasteiger partial charge in [0, 0.05) is 42.6 Å². The van der Waals surface area contributed by atoms with Gasteiger partial charge in [0.25, 0.3) is 0 Å². The maximum absolute atomic E-state index is 4.82. The van der Waals surface area contributed by atoms with Crippen molar-refractivity contribution < 1.29 is 0 Å². The van der Waals surface area contributed by atoms with Gasteiger partial charge in [-0.2, -0.15) is 0 Å². The average Bonchev–Trinajstić information content (AvgIpc) is 3.31. The van der Waals surface area contributed by atoms with Gasteiger partial charge in [-0.05, 0) is 105 Å². The minimum atomic E-state index is 0.979. The number of halogens is 1. The van der Waals surface area contributed by atoms with E-state index in [0.29, 0.717) is 0 Å². The van der Waals surface area contributed by atoms with E-state index < -0.39 is 0 Å². The van der Waals surface area contributed by atoms with Crippen LogP contribution in [0.5, 0.6) is 0 Å². The Morgan fingerprint density at radius 1 is 0.556 bits per heavy atom. The van der Waals surface area contributed by atoms with Gasteiger partial charge < -0.3 is 0 Å². The van der Waals surface area contributed by atoms with Gasteiger partial charge in [0.15, 0.2) is 0 Å². The van der Waals surface area contributed by atoms with Crippen molar-refractivity contribution in [2.24, 2.45) is 0 Å². The number of benzene rings is 4. The summed E-state index contributed by atoms with van der Waals surface area (Å²) in [6, 6.07) is 37.0. The summed E-state index contributed by atoms with van der Waals surface area (Å²) in [6.45, 7) is 0. The lowest BCUT2D eigenvalue weighted by atomic mass is 9.98. The lowest BCUT2D eigenvalue weighted by Gasteiger charge is -2.08. The number of aromatic nitrogens is 2. The van der Waals surface area contributed by atoms with Gasteiger partial charge >= 0.3 is 0 Å². The maximum atomic E-state index is 4.82. The van der Waals surface area contributed by atoms with E-state index in [4.69, 9.17) is 4.98 Å². The molecule has 3 heterocycles. The summed E-state index contributed by atoms with van der Waals surface area (Å²) in [4.78, 5) is 10.4. The standard InChI is InChI=1S/C32H19IN2S/c33-27-11-7-20(8-12-27)21-3-4-23-17-24(6-5-22(23)16-21)26-9-13-30(35-19-26)25-10-14-31-29(18-25)28-2-1-15-34-32(28)36-31/h1-19H. The molecule has 0 amide bonds. The second-order valence-corrected chi connectivity index (χ2v) is 11.2. The predicted molar refractivity (Wildman–Crippen MR) is 161 cm³/mol. The molecule has 4 heteroatoms. The molecule has 0 spiro atoms. The molecule has 3 aromatic heterocycles. The zero-order valence-corrected chi connectivity index (χ0v) is 22.1. The molecule has 7 aromatic rings. The van der Waals surface area contributed by atoms with E-state index in [1.165, 1.54) is 46.5 Å². The average molecular weight is 590 g/mol. The van der Waals surface area contributed by atoms with Crippen molar-refractivity contribution in [1.29, 1.82) is 0 Å².